The summed E-state index contributed by atoms with van der Waals surface area (Å²) in [6.07, 6.45) is 8.57. The highest BCUT2D eigenvalue weighted by atomic mass is 16.4. The van der Waals surface area contributed by atoms with E-state index in [1.807, 2.05) is 24.3 Å². The van der Waals surface area contributed by atoms with Crippen LogP contribution in [0.2, 0.25) is 0 Å². The molecule has 0 radical (unpaired) electrons. The zero-order chi connectivity index (χ0) is 15.0. The van der Waals surface area contributed by atoms with Crippen molar-refractivity contribution >= 4 is 18.0 Å². The molecule has 2 aliphatic rings. The number of carboxylic acid groups (broad SMARTS) is 2. The molecule has 0 saturated carbocycles. The van der Waals surface area contributed by atoms with Crippen LogP contribution in [-0.4, -0.2) is 22.2 Å². The number of carbonyl (C=O) groups is 2. The molecule has 1 unspecified atom stereocenters. The van der Waals surface area contributed by atoms with Gasteiger partial charge in [0.1, 0.15) is 0 Å². The van der Waals surface area contributed by atoms with Gasteiger partial charge < -0.3 is 10.2 Å². The second kappa shape index (κ2) is 5.05. The maximum atomic E-state index is 11.1. The van der Waals surface area contributed by atoms with Crippen molar-refractivity contribution in [1.29, 1.82) is 0 Å². The minimum atomic E-state index is -0.945. The van der Waals surface area contributed by atoms with Crippen molar-refractivity contribution in [2.24, 2.45) is 5.92 Å². The molecule has 0 aliphatic heterocycles. The number of hydrogen-bond donors (Lipinski definition) is 2. The van der Waals surface area contributed by atoms with Gasteiger partial charge in [-0.1, -0.05) is 30.4 Å². The smallest absolute Gasteiger partial charge is 0.335 e. The molecule has 0 amide bonds. The minimum absolute atomic E-state index is 0.261. The van der Waals surface area contributed by atoms with Crippen LogP contribution in [0.1, 0.15) is 27.9 Å². The average Bonchev–Trinajstić information content (AvgIpc) is 2.64. The van der Waals surface area contributed by atoms with E-state index in [0.29, 0.717) is 12.8 Å². The normalized spacial score (nSPS) is 19.7. The molecule has 0 saturated heterocycles. The van der Waals surface area contributed by atoms with Crippen LogP contribution in [0.5, 0.6) is 0 Å². The number of allylic oxidation sites excluding steroid dienone is 4. The summed E-state index contributed by atoms with van der Waals surface area (Å²) in [6.45, 7) is 0. The Morgan fingerprint density at radius 3 is 2.57 bits per heavy atom. The molecule has 4 nitrogen and oxygen atoms in total. The SMILES string of the molecule is O=C(O)c1ccc2c(c1)C=CC1=C(C=CC(C(=O)O)C1)C2. The monoisotopic (exact) mass is 282 g/mol. The number of rotatable bonds is 2. The molecule has 2 N–H and O–H groups in total. The summed E-state index contributed by atoms with van der Waals surface area (Å²) >= 11 is 0. The summed E-state index contributed by atoms with van der Waals surface area (Å²) < 4.78 is 0. The van der Waals surface area contributed by atoms with Crippen molar-refractivity contribution in [2.45, 2.75) is 12.8 Å². The summed E-state index contributed by atoms with van der Waals surface area (Å²) in [5, 5.41) is 18.2. The van der Waals surface area contributed by atoms with Crippen molar-refractivity contribution in [3.8, 4) is 0 Å². The number of hydrogen-bond acceptors (Lipinski definition) is 2. The van der Waals surface area contributed by atoms with Crippen LogP contribution in [0, 0.1) is 5.92 Å². The second-order valence-electron chi connectivity index (χ2n) is 5.29. The van der Waals surface area contributed by atoms with E-state index >= 15 is 0 Å². The molecule has 4 heteroatoms. The van der Waals surface area contributed by atoms with E-state index in [4.69, 9.17) is 10.2 Å². The summed E-state index contributed by atoms with van der Waals surface area (Å²) in [5.41, 5.74) is 4.31. The van der Waals surface area contributed by atoms with E-state index < -0.39 is 17.9 Å². The Morgan fingerprint density at radius 1 is 1.05 bits per heavy atom. The summed E-state index contributed by atoms with van der Waals surface area (Å²) in [6, 6.07) is 5.09. The summed E-state index contributed by atoms with van der Waals surface area (Å²) in [7, 11) is 0. The van der Waals surface area contributed by atoms with E-state index in [9.17, 15) is 9.59 Å². The fourth-order valence-corrected chi connectivity index (χ4v) is 2.73. The Balaban J connectivity index is 1.96. The lowest BCUT2D eigenvalue weighted by molar-refractivity contribution is -0.140. The zero-order valence-electron chi connectivity index (χ0n) is 11.2. The fourth-order valence-electron chi connectivity index (χ4n) is 2.73. The average molecular weight is 282 g/mol. The third-order valence-corrected chi connectivity index (χ3v) is 3.94. The van der Waals surface area contributed by atoms with Gasteiger partial charge in [-0.25, -0.2) is 4.79 Å². The molecule has 1 aromatic carbocycles. The molecular formula is C17H14O4. The Kier molecular flexibility index (Phi) is 3.22. The molecule has 1 aromatic rings. The molecule has 0 spiro atoms. The highest BCUT2D eigenvalue weighted by molar-refractivity contribution is 5.88. The molecule has 1 atom stereocenters. The van der Waals surface area contributed by atoms with Crippen molar-refractivity contribution in [1.82, 2.24) is 0 Å². The van der Waals surface area contributed by atoms with Gasteiger partial charge >= 0.3 is 11.9 Å². The van der Waals surface area contributed by atoms with Gasteiger partial charge in [-0.05, 0) is 47.2 Å². The van der Waals surface area contributed by atoms with Crippen LogP contribution < -0.4 is 0 Å². The first-order valence-corrected chi connectivity index (χ1v) is 6.72. The summed E-state index contributed by atoms with van der Waals surface area (Å²) in [4.78, 5) is 22.1. The Bertz CT molecular complexity index is 722. The van der Waals surface area contributed by atoms with Gasteiger partial charge in [0.15, 0.2) is 0 Å². The molecule has 2 aliphatic carbocycles. The molecule has 0 aromatic heterocycles. The van der Waals surface area contributed by atoms with E-state index in [-0.39, 0.29) is 5.56 Å². The Hall–Kier alpha value is -2.62. The van der Waals surface area contributed by atoms with Crippen LogP contribution in [0.25, 0.3) is 6.08 Å². The van der Waals surface area contributed by atoms with Crippen LogP contribution in [0.3, 0.4) is 0 Å². The van der Waals surface area contributed by atoms with Crippen LogP contribution >= 0.6 is 0 Å². The number of aromatic carboxylic acids is 1. The first-order chi connectivity index (χ1) is 10.0. The van der Waals surface area contributed by atoms with Gasteiger partial charge in [0.05, 0.1) is 11.5 Å². The molecule has 3 rings (SSSR count). The lowest BCUT2D eigenvalue weighted by atomic mass is 9.88. The minimum Gasteiger partial charge on any atom is -0.481 e. The molecule has 0 fully saturated rings. The molecule has 106 valence electrons. The highest BCUT2D eigenvalue weighted by Crippen LogP contribution is 2.31. The zero-order valence-corrected chi connectivity index (χ0v) is 11.2. The van der Waals surface area contributed by atoms with Gasteiger partial charge in [-0.3, -0.25) is 4.79 Å². The number of benzene rings is 1. The summed E-state index contributed by atoms with van der Waals surface area (Å²) in [5.74, 6) is -2.25. The van der Waals surface area contributed by atoms with Crippen molar-refractivity contribution in [2.75, 3.05) is 0 Å². The van der Waals surface area contributed by atoms with Gasteiger partial charge in [0, 0.05) is 0 Å². The molecule has 21 heavy (non-hydrogen) atoms. The van der Waals surface area contributed by atoms with E-state index in [0.717, 1.165) is 22.3 Å². The number of aliphatic carboxylic acids is 1. The second-order valence-corrected chi connectivity index (χ2v) is 5.29. The Labute approximate surface area is 121 Å². The Morgan fingerprint density at radius 2 is 1.86 bits per heavy atom. The first kappa shape index (κ1) is 13.4. The lowest BCUT2D eigenvalue weighted by Gasteiger charge is -2.17. The lowest BCUT2D eigenvalue weighted by Crippen LogP contribution is -2.15. The van der Waals surface area contributed by atoms with Crippen LogP contribution in [0.4, 0.5) is 0 Å². The standard InChI is InChI=1S/C17H14O4/c18-16(19)14-5-3-10-7-11-4-6-15(17(20)21)9-13(11)2-1-12(10)8-14/h1-6,8,15H,7,9H2,(H,18,19)(H,20,21). The topological polar surface area (TPSA) is 74.6 Å². The fraction of sp³-hybridized carbons (Fsp3) is 0.176. The number of fused-ring (bicyclic) bond motifs is 1. The molecular weight excluding hydrogens is 268 g/mol. The van der Waals surface area contributed by atoms with Gasteiger partial charge in [-0.2, -0.15) is 0 Å². The van der Waals surface area contributed by atoms with Crippen molar-refractivity contribution < 1.29 is 19.8 Å². The van der Waals surface area contributed by atoms with Gasteiger partial charge in [-0.15, -0.1) is 0 Å². The van der Waals surface area contributed by atoms with Gasteiger partial charge in [0.2, 0.25) is 0 Å². The van der Waals surface area contributed by atoms with Crippen molar-refractivity contribution in [3.63, 3.8) is 0 Å². The third kappa shape index (κ3) is 2.52. The van der Waals surface area contributed by atoms with Crippen LogP contribution in [0.15, 0.2) is 47.6 Å². The first-order valence-electron chi connectivity index (χ1n) is 6.72. The van der Waals surface area contributed by atoms with E-state index in [1.54, 1.807) is 18.2 Å². The van der Waals surface area contributed by atoms with Crippen LogP contribution in [-0.2, 0) is 11.2 Å². The molecule has 0 heterocycles. The maximum absolute atomic E-state index is 11.1. The van der Waals surface area contributed by atoms with Gasteiger partial charge in [0.25, 0.3) is 0 Å². The molecule has 0 bridgehead atoms. The quantitative estimate of drug-likeness (QED) is 0.874. The predicted molar refractivity (Wildman–Crippen MR) is 78.0 cm³/mol. The van der Waals surface area contributed by atoms with E-state index in [2.05, 4.69) is 0 Å². The van der Waals surface area contributed by atoms with E-state index in [1.165, 1.54) is 0 Å². The number of carboxylic acids is 2. The maximum Gasteiger partial charge on any atom is 0.335 e. The largest absolute Gasteiger partial charge is 0.481 e. The highest BCUT2D eigenvalue weighted by Gasteiger charge is 2.22. The third-order valence-electron chi connectivity index (χ3n) is 3.94. The van der Waals surface area contributed by atoms with Crippen molar-refractivity contribution in [3.05, 3.63) is 64.3 Å². The predicted octanol–water partition coefficient (Wildman–Crippen LogP) is 2.91.